The van der Waals surface area contributed by atoms with Gasteiger partial charge in [0.2, 0.25) is 5.91 Å². The number of Topliss-reactive ketones (excluding diaryl/α,β-unsaturated/α-hetero) is 1. The highest BCUT2D eigenvalue weighted by Crippen LogP contribution is 2.43. The van der Waals surface area contributed by atoms with E-state index in [9.17, 15) is 19.5 Å². The second-order valence-corrected chi connectivity index (χ2v) is 9.45. The highest BCUT2D eigenvalue weighted by molar-refractivity contribution is 6.51. The number of hydrogen-bond donors (Lipinski definition) is 2. The van der Waals surface area contributed by atoms with Crippen molar-refractivity contribution >= 4 is 51.2 Å². The first kappa shape index (κ1) is 24.8. The molecular formula is C31H27N3O4. The van der Waals surface area contributed by atoms with Crippen LogP contribution >= 0.6 is 0 Å². The van der Waals surface area contributed by atoms with E-state index in [2.05, 4.69) is 5.32 Å². The Morgan fingerprint density at radius 2 is 1.58 bits per heavy atom. The lowest BCUT2D eigenvalue weighted by Gasteiger charge is -2.26. The molecule has 2 amide bonds. The number of aliphatic hydroxyl groups excluding tert-OH is 1. The predicted octanol–water partition coefficient (Wildman–Crippen LogP) is 5.49. The Labute approximate surface area is 220 Å². The molecule has 1 fully saturated rings. The molecule has 190 valence electrons. The van der Waals surface area contributed by atoms with Gasteiger partial charge in [-0.2, -0.15) is 0 Å². The first-order chi connectivity index (χ1) is 18.2. The van der Waals surface area contributed by atoms with Crippen LogP contribution < -0.4 is 15.1 Å². The largest absolute Gasteiger partial charge is 0.507 e. The summed E-state index contributed by atoms with van der Waals surface area (Å²) in [6.45, 7) is 1.40. The Kier molecular flexibility index (Phi) is 6.43. The molecule has 0 radical (unpaired) electrons. The lowest BCUT2D eigenvalue weighted by atomic mass is 9.94. The molecule has 1 aliphatic rings. The van der Waals surface area contributed by atoms with E-state index in [1.807, 2.05) is 79.7 Å². The summed E-state index contributed by atoms with van der Waals surface area (Å²) in [7, 11) is 3.85. The standard InChI is InChI=1S/C31H27N3O4/c1-19(35)32-24-9-6-10-26(18-24)34-28(21-13-15-25(16-14-21)33(2)3)27(30(37)31(34)38)29(36)23-12-11-20-7-4-5-8-22(20)17-23/h4-18,28,36H,1-3H3,(H,32,35)/b29-27-. The maximum Gasteiger partial charge on any atom is 0.300 e. The molecule has 1 aliphatic heterocycles. The van der Waals surface area contributed by atoms with E-state index < -0.39 is 17.7 Å². The summed E-state index contributed by atoms with van der Waals surface area (Å²) in [5.74, 6) is -2.02. The number of benzene rings is 4. The van der Waals surface area contributed by atoms with Crippen molar-refractivity contribution in [2.75, 3.05) is 29.2 Å². The van der Waals surface area contributed by atoms with Crippen molar-refractivity contribution < 1.29 is 19.5 Å². The molecule has 0 spiro atoms. The van der Waals surface area contributed by atoms with Crippen molar-refractivity contribution in [3.05, 3.63) is 108 Å². The molecule has 4 aromatic rings. The molecular weight excluding hydrogens is 478 g/mol. The van der Waals surface area contributed by atoms with Crippen LogP contribution in [0.15, 0.2) is 96.6 Å². The average Bonchev–Trinajstić information content (AvgIpc) is 3.18. The van der Waals surface area contributed by atoms with Gasteiger partial charge in [0.05, 0.1) is 11.6 Å². The molecule has 0 aliphatic carbocycles. The minimum atomic E-state index is -0.870. The van der Waals surface area contributed by atoms with Gasteiger partial charge in [0.1, 0.15) is 5.76 Å². The van der Waals surface area contributed by atoms with E-state index in [1.54, 1.807) is 30.3 Å². The zero-order valence-electron chi connectivity index (χ0n) is 21.3. The summed E-state index contributed by atoms with van der Waals surface area (Å²) in [5, 5.41) is 16.1. The van der Waals surface area contributed by atoms with Gasteiger partial charge < -0.3 is 15.3 Å². The third-order valence-electron chi connectivity index (χ3n) is 6.64. The monoisotopic (exact) mass is 505 g/mol. The van der Waals surface area contributed by atoms with Crippen LogP contribution in [-0.2, 0) is 14.4 Å². The molecule has 0 aromatic heterocycles. The van der Waals surface area contributed by atoms with Crippen LogP contribution in [0.2, 0.25) is 0 Å². The topological polar surface area (TPSA) is 90.0 Å². The molecule has 4 aromatic carbocycles. The number of aliphatic hydroxyl groups is 1. The van der Waals surface area contributed by atoms with Crippen molar-refractivity contribution in [2.24, 2.45) is 0 Å². The summed E-state index contributed by atoms with van der Waals surface area (Å²) < 4.78 is 0. The van der Waals surface area contributed by atoms with Gasteiger partial charge in [0.25, 0.3) is 11.7 Å². The van der Waals surface area contributed by atoms with Gasteiger partial charge in [-0.3, -0.25) is 19.3 Å². The number of carbonyl (C=O) groups excluding carboxylic acids is 3. The van der Waals surface area contributed by atoms with Crippen LogP contribution in [0.1, 0.15) is 24.1 Å². The maximum atomic E-state index is 13.5. The van der Waals surface area contributed by atoms with Crippen LogP contribution in [0, 0.1) is 0 Å². The molecule has 0 bridgehead atoms. The van der Waals surface area contributed by atoms with Gasteiger partial charge in [0.15, 0.2) is 0 Å². The van der Waals surface area contributed by atoms with Crippen LogP contribution in [0.3, 0.4) is 0 Å². The third-order valence-corrected chi connectivity index (χ3v) is 6.64. The zero-order valence-corrected chi connectivity index (χ0v) is 21.3. The van der Waals surface area contributed by atoms with E-state index in [-0.39, 0.29) is 17.2 Å². The van der Waals surface area contributed by atoms with Crippen molar-refractivity contribution in [1.82, 2.24) is 0 Å². The van der Waals surface area contributed by atoms with Gasteiger partial charge in [-0.25, -0.2) is 0 Å². The number of amides is 2. The van der Waals surface area contributed by atoms with Crippen molar-refractivity contribution in [3.63, 3.8) is 0 Å². The smallest absolute Gasteiger partial charge is 0.300 e. The highest BCUT2D eigenvalue weighted by Gasteiger charge is 2.47. The molecule has 5 rings (SSSR count). The summed E-state index contributed by atoms with van der Waals surface area (Å²) in [6, 6.07) is 26.5. The van der Waals surface area contributed by atoms with Crippen molar-refractivity contribution in [1.29, 1.82) is 0 Å². The lowest BCUT2D eigenvalue weighted by molar-refractivity contribution is -0.132. The molecule has 7 heteroatoms. The molecule has 7 nitrogen and oxygen atoms in total. The number of anilines is 3. The molecule has 38 heavy (non-hydrogen) atoms. The average molecular weight is 506 g/mol. The molecule has 1 atom stereocenters. The van der Waals surface area contributed by atoms with Crippen molar-refractivity contribution in [2.45, 2.75) is 13.0 Å². The van der Waals surface area contributed by atoms with E-state index in [0.717, 1.165) is 16.5 Å². The second-order valence-electron chi connectivity index (χ2n) is 9.45. The Morgan fingerprint density at radius 3 is 2.26 bits per heavy atom. The fourth-order valence-electron chi connectivity index (χ4n) is 4.80. The fourth-order valence-corrected chi connectivity index (χ4v) is 4.80. The van der Waals surface area contributed by atoms with Crippen molar-refractivity contribution in [3.8, 4) is 0 Å². The maximum absolute atomic E-state index is 13.5. The fraction of sp³-hybridized carbons (Fsp3) is 0.129. The molecule has 0 saturated carbocycles. The summed E-state index contributed by atoms with van der Waals surface area (Å²) in [6.07, 6.45) is 0. The summed E-state index contributed by atoms with van der Waals surface area (Å²) in [4.78, 5) is 42.0. The van der Waals surface area contributed by atoms with Crippen LogP contribution in [0.25, 0.3) is 16.5 Å². The number of ketones is 1. The van der Waals surface area contributed by atoms with Gasteiger partial charge in [-0.05, 0) is 52.7 Å². The van der Waals surface area contributed by atoms with E-state index in [1.165, 1.54) is 11.8 Å². The first-order valence-corrected chi connectivity index (χ1v) is 12.2. The molecule has 1 unspecified atom stereocenters. The number of hydrogen-bond acceptors (Lipinski definition) is 5. The number of fused-ring (bicyclic) bond motifs is 1. The van der Waals surface area contributed by atoms with Crippen LogP contribution in [0.4, 0.5) is 17.1 Å². The summed E-state index contributed by atoms with van der Waals surface area (Å²) >= 11 is 0. The van der Waals surface area contributed by atoms with E-state index in [4.69, 9.17) is 0 Å². The number of nitrogens with one attached hydrogen (secondary N) is 1. The highest BCUT2D eigenvalue weighted by atomic mass is 16.3. The Bertz CT molecular complexity index is 1610. The van der Waals surface area contributed by atoms with Crippen LogP contribution in [-0.4, -0.2) is 36.8 Å². The normalized spacial score (nSPS) is 16.6. The molecule has 1 heterocycles. The lowest BCUT2D eigenvalue weighted by Crippen LogP contribution is -2.29. The van der Waals surface area contributed by atoms with Crippen LogP contribution in [0.5, 0.6) is 0 Å². The minimum absolute atomic E-state index is 0.00724. The number of nitrogens with zero attached hydrogens (tertiary/aromatic N) is 2. The molecule has 2 N–H and O–H groups in total. The van der Waals surface area contributed by atoms with Gasteiger partial charge in [-0.1, -0.05) is 54.6 Å². The number of rotatable bonds is 5. The predicted molar refractivity (Wildman–Crippen MR) is 150 cm³/mol. The summed E-state index contributed by atoms with van der Waals surface area (Å²) in [5.41, 5.74) is 3.00. The van der Waals surface area contributed by atoms with E-state index >= 15 is 0 Å². The number of carbonyl (C=O) groups is 3. The third kappa shape index (κ3) is 4.50. The van der Waals surface area contributed by atoms with E-state index in [0.29, 0.717) is 22.5 Å². The quantitative estimate of drug-likeness (QED) is 0.213. The zero-order chi connectivity index (χ0) is 27.0. The Balaban J connectivity index is 1.70. The van der Waals surface area contributed by atoms with Gasteiger partial charge >= 0.3 is 0 Å². The van der Waals surface area contributed by atoms with Gasteiger partial charge in [-0.15, -0.1) is 0 Å². The SMILES string of the molecule is CC(=O)Nc1cccc(N2C(=O)C(=O)/C(=C(\O)c3ccc4ccccc4c3)C2c2ccc(N(C)C)cc2)c1. The second kappa shape index (κ2) is 9.86. The first-order valence-electron chi connectivity index (χ1n) is 12.2. The minimum Gasteiger partial charge on any atom is -0.507 e. The molecule has 1 saturated heterocycles. The Morgan fingerprint density at radius 1 is 0.868 bits per heavy atom. The Hall–Kier alpha value is -4.91. The van der Waals surface area contributed by atoms with Gasteiger partial charge in [0, 0.05) is 43.6 Å².